The van der Waals surface area contributed by atoms with E-state index >= 15 is 0 Å². The van der Waals surface area contributed by atoms with E-state index in [0.717, 1.165) is 11.8 Å². The summed E-state index contributed by atoms with van der Waals surface area (Å²) in [5, 5.41) is 6.71. The molecule has 3 nitrogen and oxygen atoms in total. The van der Waals surface area contributed by atoms with Gasteiger partial charge in [0.15, 0.2) is 5.17 Å². The molecule has 0 aromatic rings. The number of hydrogen-bond acceptors (Lipinski definition) is 3. The Balaban J connectivity index is 0. The van der Waals surface area contributed by atoms with Crippen LogP contribution in [0.25, 0.3) is 0 Å². The van der Waals surface area contributed by atoms with Gasteiger partial charge in [0.05, 0.1) is 5.37 Å². The molecule has 0 heterocycles. The van der Waals surface area contributed by atoms with Gasteiger partial charge >= 0.3 is 0 Å². The molecule has 5 N–H and O–H groups in total. The first kappa shape index (κ1) is 11.1. The van der Waals surface area contributed by atoms with Crippen molar-refractivity contribution in [2.75, 3.05) is 0 Å². The maximum absolute atomic E-state index is 6.69. The summed E-state index contributed by atoms with van der Waals surface area (Å²) in [5.41, 5.74) is 10.2. The van der Waals surface area contributed by atoms with Gasteiger partial charge in [0.2, 0.25) is 0 Å². The Morgan fingerprint density at radius 1 is 1.75 bits per heavy atom. The molecule has 0 aromatic carbocycles. The minimum atomic E-state index is -0.0579. The topological polar surface area (TPSA) is 75.9 Å². The van der Waals surface area contributed by atoms with Gasteiger partial charge in [-0.3, -0.25) is 5.41 Å². The average molecular weight is 200 g/mol. The molecule has 0 aliphatic carbocycles. The summed E-state index contributed by atoms with van der Waals surface area (Å²) in [5.74, 6) is 0. The van der Waals surface area contributed by atoms with Crippen molar-refractivity contribution < 1.29 is 0 Å². The molecule has 0 saturated heterocycles. The molecule has 1 unspecified atom stereocenters. The lowest BCUT2D eigenvalue weighted by atomic mass is 10.8. The number of amidine groups is 1. The van der Waals surface area contributed by atoms with Crippen LogP contribution in [-0.4, -0.2) is 10.5 Å². The fraction of sp³-hybridized carbons (Fsp3) is 0.667. The molecule has 0 bridgehead atoms. The molecule has 5 heteroatoms. The van der Waals surface area contributed by atoms with Gasteiger partial charge < -0.3 is 11.5 Å². The van der Waals surface area contributed by atoms with Crippen molar-refractivity contribution in [1.82, 2.24) is 0 Å². The normalized spacial score (nSPS) is 11.8. The van der Waals surface area contributed by atoms with Crippen molar-refractivity contribution in [2.45, 2.75) is 12.3 Å². The van der Waals surface area contributed by atoms with Crippen molar-refractivity contribution >= 4 is 33.9 Å². The van der Waals surface area contributed by atoms with Gasteiger partial charge in [-0.1, -0.05) is 11.8 Å². The number of nitrogens with two attached hydrogens (primary N) is 2. The maximum atomic E-state index is 6.69. The molecule has 1 atom stereocenters. The van der Waals surface area contributed by atoms with Crippen LogP contribution in [0.2, 0.25) is 0 Å². The van der Waals surface area contributed by atoms with Crippen LogP contribution in [0.1, 0.15) is 6.92 Å². The smallest absolute Gasteiger partial charge is 0.152 e. The van der Waals surface area contributed by atoms with Crippen LogP contribution in [0.4, 0.5) is 0 Å². The van der Waals surface area contributed by atoms with E-state index < -0.39 is 0 Å². The lowest BCUT2D eigenvalue weighted by Gasteiger charge is -1.98. The number of hydrogen-bond donors (Lipinski definition) is 3. The molecule has 0 radical (unpaired) electrons. The van der Waals surface area contributed by atoms with E-state index in [-0.39, 0.29) is 27.5 Å². The predicted molar refractivity (Wildman–Crippen MR) is 43.5 cm³/mol. The molecule has 0 spiro atoms. The first-order chi connectivity index (χ1) is 3.13. The van der Waals surface area contributed by atoms with Crippen LogP contribution in [0.3, 0.4) is 0 Å². The molecule has 0 aliphatic heterocycles. The summed E-state index contributed by atoms with van der Waals surface area (Å²) in [7, 11) is 0. The third-order valence-corrected chi connectivity index (χ3v) is 0.939. The SMILES string of the molecule is Br.CC(N)SC(=N)N. The highest BCUT2D eigenvalue weighted by Crippen LogP contribution is 2.00. The Morgan fingerprint density at radius 2 is 2.12 bits per heavy atom. The summed E-state index contributed by atoms with van der Waals surface area (Å²) >= 11 is 1.15. The highest BCUT2D eigenvalue weighted by molar-refractivity contribution is 8.93. The number of halogens is 1. The van der Waals surface area contributed by atoms with Gasteiger partial charge in [-0.05, 0) is 6.92 Å². The van der Waals surface area contributed by atoms with E-state index in [9.17, 15) is 0 Å². The Bertz CT molecular complexity index is 74.9. The van der Waals surface area contributed by atoms with Crippen molar-refractivity contribution in [3.63, 3.8) is 0 Å². The van der Waals surface area contributed by atoms with Crippen molar-refractivity contribution in [3.05, 3.63) is 0 Å². The van der Waals surface area contributed by atoms with E-state index in [1.165, 1.54) is 0 Å². The molecule has 0 aromatic heterocycles. The van der Waals surface area contributed by atoms with Gasteiger partial charge in [0.1, 0.15) is 0 Å². The van der Waals surface area contributed by atoms with Gasteiger partial charge in [0.25, 0.3) is 0 Å². The fourth-order valence-corrected chi connectivity index (χ4v) is 0.601. The highest BCUT2D eigenvalue weighted by atomic mass is 79.9. The zero-order valence-electron chi connectivity index (χ0n) is 4.55. The number of thioether (sulfide) groups is 1. The first-order valence-electron chi connectivity index (χ1n) is 1.89. The van der Waals surface area contributed by atoms with E-state index in [1.54, 1.807) is 6.92 Å². The lowest BCUT2D eigenvalue weighted by molar-refractivity contribution is 1.05. The van der Waals surface area contributed by atoms with E-state index in [1.807, 2.05) is 0 Å². The number of nitrogens with one attached hydrogen (secondary N) is 1. The molecular weight excluding hydrogens is 190 g/mol. The van der Waals surface area contributed by atoms with E-state index in [2.05, 4.69) is 0 Å². The third kappa shape index (κ3) is 9.54. The zero-order valence-corrected chi connectivity index (χ0v) is 7.08. The van der Waals surface area contributed by atoms with Crippen molar-refractivity contribution in [2.24, 2.45) is 11.5 Å². The molecule has 0 aliphatic rings. The van der Waals surface area contributed by atoms with E-state index in [4.69, 9.17) is 16.9 Å². The molecule has 8 heavy (non-hydrogen) atoms. The largest absolute Gasteiger partial charge is 0.379 e. The van der Waals surface area contributed by atoms with Gasteiger partial charge in [0, 0.05) is 0 Å². The Morgan fingerprint density at radius 3 is 2.12 bits per heavy atom. The second-order valence-corrected chi connectivity index (χ2v) is 2.61. The monoisotopic (exact) mass is 199 g/mol. The molecule has 50 valence electrons. The fourth-order valence-electron chi connectivity index (χ4n) is 0.200. The molecule has 0 saturated carbocycles. The standard InChI is InChI=1S/C3H9N3S.BrH/c1-2(4)7-3(5)6;/h2H,4H2,1H3,(H3,5,6);1H. The summed E-state index contributed by atoms with van der Waals surface area (Å²) in [6.07, 6.45) is 0. The van der Waals surface area contributed by atoms with Crippen LogP contribution < -0.4 is 11.5 Å². The van der Waals surface area contributed by atoms with E-state index in [0.29, 0.717) is 0 Å². The van der Waals surface area contributed by atoms with Gasteiger partial charge in [-0.2, -0.15) is 0 Å². The minimum Gasteiger partial charge on any atom is -0.379 e. The van der Waals surface area contributed by atoms with Gasteiger partial charge in [-0.15, -0.1) is 17.0 Å². The van der Waals surface area contributed by atoms with Crippen LogP contribution in [0, 0.1) is 5.41 Å². The second kappa shape index (κ2) is 5.40. The molecular formula is C3H10BrN3S. The summed E-state index contributed by atoms with van der Waals surface area (Å²) in [4.78, 5) is 0. The van der Waals surface area contributed by atoms with Crippen molar-refractivity contribution in [3.8, 4) is 0 Å². The molecule has 0 fully saturated rings. The first-order valence-corrected chi connectivity index (χ1v) is 2.77. The zero-order chi connectivity index (χ0) is 5.86. The average Bonchev–Trinajstić information content (AvgIpc) is 1.27. The molecule has 0 amide bonds. The van der Waals surface area contributed by atoms with Crippen LogP contribution in [0.5, 0.6) is 0 Å². The Kier molecular flexibility index (Phi) is 7.50. The van der Waals surface area contributed by atoms with Gasteiger partial charge in [-0.25, -0.2) is 0 Å². The van der Waals surface area contributed by atoms with Crippen LogP contribution in [0.15, 0.2) is 0 Å². The Labute approximate surface area is 63.5 Å². The molecule has 0 rings (SSSR count). The van der Waals surface area contributed by atoms with Crippen LogP contribution in [-0.2, 0) is 0 Å². The summed E-state index contributed by atoms with van der Waals surface area (Å²) < 4.78 is 0. The Hall–Kier alpha value is 0.260. The predicted octanol–water partition coefficient (Wildman–Crippen LogP) is 0.496. The second-order valence-electron chi connectivity index (χ2n) is 1.19. The number of rotatable bonds is 1. The minimum absolute atomic E-state index is 0. The summed E-state index contributed by atoms with van der Waals surface area (Å²) in [6.45, 7) is 1.78. The highest BCUT2D eigenvalue weighted by Gasteiger charge is 1.93. The van der Waals surface area contributed by atoms with Crippen molar-refractivity contribution in [1.29, 1.82) is 5.41 Å². The van der Waals surface area contributed by atoms with Crippen LogP contribution >= 0.6 is 28.7 Å². The third-order valence-electron chi connectivity index (χ3n) is 0.313. The summed E-state index contributed by atoms with van der Waals surface area (Å²) in [6, 6.07) is 0. The maximum Gasteiger partial charge on any atom is 0.152 e. The lowest BCUT2D eigenvalue weighted by Crippen LogP contribution is -2.16. The quantitative estimate of drug-likeness (QED) is 0.327.